The van der Waals surface area contributed by atoms with Crippen molar-refractivity contribution in [3.8, 4) is 0 Å². The van der Waals surface area contributed by atoms with E-state index in [9.17, 15) is 0 Å². The van der Waals surface area contributed by atoms with Crippen LogP contribution >= 0.6 is 0 Å². The second-order valence-corrected chi connectivity index (χ2v) is 3.49. The molecule has 0 fully saturated rings. The van der Waals surface area contributed by atoms with E-state index >= 15 is 0 Å². The van der Waals surface area contributed by atoms with E-state index in [1.165, 1.54) is 0 Å². The van der Waals surface area contributed by atoms with E-state index in [1.807, 2.05) is 13.0 Å². The van der Waals surface area contributed by atoms with Crippen molar-refractivity contribution in [3.05, 3.63) is 17.5 Å². The number of aromatic amines is 1. The Morgan fingerprint density at radius 1 is 1.50 bits per heavy atom. The largest absolute Gasteiger partial charge is 0.396 e. The summed E-state index contributed by atoms with van der Waals surface area (Å²) in [7, 11) is 0. The van der Waals surface area contributed by atoms with Gasteiger partial charge in [-0.3, -0.25) is 5.10 Å². The van der Waals surface area contributed by atoms with Crippen molar-refractivity contribution in [1.82, 2.24) is 10.2 Å². The van der Waals surface area contributed by atoms with E-state index in [0.717, 1.165) is 11.4 Å². The Morgan fingerprint density at radius 2 is 2.17 bits per heavy atom. The first-order chi connectivity index (χ1) is 5.65. The molecule has 12 heavy (non-hydrogen) atoms. The van der Waals surface area contributed by atoms with Crippen LogP contribution in [0.1, 0.15) is 44.0 Å². The number of aliphatic hydroxyl groups is 1. The van der Waals surface area contributed by atoms with Gasteiger partial charge in [-0.2, -0.15) is 5.10 Å². The molecule has 0 aliphatic rings. The normalized spacial score (nSPS) is 13.8. The van der Waals surface area contributed by atoms with E-state index < -0.39 is 0 Å². The zero-order valence-electron chi connectivity index (χ0n) is 7.83. The Labute approximate surface area is 72.8 Å². The summed E-state index contributed by atoms with van der Waals surface area (Å²) < 4.78 is 0. The fourth-order valence-electron chi connectivity index (χ4n) is 1.000. The predicted molar refractivity (Wildman–Crippen MR) is 48.2 cm³/mol. The minimum absolute atomic E-state index is 0.157. The summed E-state index contributed by atoms with van der Waals surface area (Å²) in [5.74, 6) is 0.603. The highest BCUT2D eigenvalue weighted by molar-refractivity contribution is 5.14. The number of rotatable bonds is 3. The molecule has 3 heteroatoms. The summed E-state index contributed by atoms with van der Waals surface area (Å²) in [6, 6.07) is 2.02. The van der Waals surface area contributed by atoms with E-state index in [1.54, 1.807) is 0 Å². The number of aliphatic hydroxyl groups excluding tert-OH is 1. The first-order valence-electron chi connectivity index (χ1n) is 4.31. The maximum atomic E-state index is 8.89. The molecule has 0 saturated heterocycles. The molecule has 1 rings (SSSR count). The first kappa shape index (κ1) is 9.26. The average molecular weight is 168 g/mol. The standard InChI is InChI=1S/C9H16N2O/c1-6(2)8-4-9(11-10-8)7(3)5-12/h4,6-7,12H,5H2,1-3H3,(H,10,11). The van der Waals surface area contributed by atoms with Crippen LogP contribution < -0.4 is 0 Å². The molecule has 1 atom stereocenters. The quantitative estimate of drug-likeness (QED) is 0.720. The van der Waals surface area contributed by atoms with E-state index in [-0.39, 0.29) is 12.5 Å². The van der Waals surface area contributed by atoms with E-state index in [2.05, 4.69) is 24.0 Å². The van der Waals surface area contributed by atoms with Gasteiger partial charge in [-0.15, -0.1) is 0 Å². The number of aromatic nitrogens is 2. The molecule has 1 heterocycles. The third kappa shape index (κ3) is 1.85. The summed E-state index contributed by atoms with van der Waals surface area (Å²) in [6.45, 7) is 6.34. The molecule has 3 nitrogen and oxygen atoms in total. The van der Waals surface area contributed by atoms with Gasteiger partial charge in [0.15, 0.2) is 0 Å². The van der Waals surface area contributed by atoms with Gasteiger partial charge >= 0.3 is 0 Å². The van der Waals surface area contributed by atoms with Crippen molar-refractivity contribution >= 4 is 0 Å². The van der Waals surface area contributed by atoms with Crippen LogP contribution in [0.2, 0.25) is 0 Å². The molecule has 0 bridgehead atoms. The van der Waals surface area contributed by atoms with Crippen LogP contribution in [0.25, 0.3) is 0 Å². The fraction of sp³-hybridized carbons (Fsp3) is 0.667. The number of nitrogens with zero attached hydrogens (tertiary/aromatic N) is 1. The zero-order valence-corrected chi connectivity index (χ0v) is 7.83. The number of hydrogen-bond acceptors (Lipinski definition) is 2. The van der Waals surface area contributed by atoms with Crippen LogP contribution in [0.4, 0.5) is 0 Å². The highest BCUT2D eigenvalue weighted by atomic mass is 16.3. The highest BCUT2D eigenvalue weighted by Crippen LogP contribution is 2.17. The molecule has 1 aromatic rings. The Bertz CT molecular complexity index is 242. The van der Waals surface area contributed by atoms with Crippen LogP contribution in [-0.2, 0) is 0 Å². The van der Waals surface area contributed by atoms with Gasteiger partial charge in [-0.25, -0.2) is 0 Å². The molecule has 0 aromatic carbocycles. The van der Waals surface area contributed by atoms with Crippen LogP contribution in [0.15, 0.2) is 6.07 Å². The average Bonchev–Trinajstić information content (AvgIpc) is 2.51. The lowest BCUT2D eigenvalue weighted by Crippen LogP contribution is -1.98. The predicted octanol–water partition coefficient (Wildman–Crippen LogP) is 1.63. The van der Waals surface area contributed by atoms with Gasteiger partial charge in [0, 0.05) is 11.6 Å². The Hall–Kier alpha value is -0.830. The summed E-state index contributed by atoms with van der Waals surface area (Å²) in [4.78, 5) is 0. The monoisotopic (exact) mass is 168 g/mol. The van der Waals surface area contributed by atoms with Crippen molar-refractivity contribution in [2.75, 3.05) is 6.61 Å². The number of nitrogens with one attached hydrogen (secondary N) is 1. The van der Waals surface area contributed by atoms with Gasteiger partial charge in [0.2, 0.25) is 0 Å². The SMILES string of the molecule is CC(C)c1cc(C(C)CO)[nH]n1. The second-order valence-electron chi connectivity index (χ2n) is 3.49. The van der Waals surface area contributed by atoms with Gasteiger partial charge < -0.3 is 5.11 Å². The van der Waals surface area contributed by atoms with Crippen molar-refractivity contribution in [2.45, 2.75) is 32.6 Å². The van der Waals surface area contributed by atoms with Gasteiger partial charge in [0.05, 0.1) is 12.3 Å². The fourth-order valence-corrected chi connectivity index (χ4v) is 1.000. The molecule has 0 amide bonds. The van der Waals surface area contributed by atoms with Gasteiger partial charge in [-0.05, 0) is 12.0 Å². The maximum absolute atomic E-state index is 8.89. The minimum atomic E-state index is 0.157. The van der Waals surface area contributed by atoms with Crippen molar-refractivity contribution < 1.29 is 5.11 Å². The third-order valence-corrected chi connectivity index (χ3v) is 2.01. The van der Waals surface area contributed by atoms with Gasteiger partial charge in [-0.1, -0.05) is 20.8 Å². The lowest BCUT2D eigenvalue weighted by atomic mass is 10.1. The van der Waals surface area contributed by atoms with Crippen molar-refractivity contribution in [3.63, 3.8) is 0 Å². The second kappa shape index (κ2) is 3.72. The van der Waals surface area contributed by atoms with Crippen LogP contribution in [0.5, 0.6) is 0 Å². The van der Waals surface area contributed by atoms with Gasteiger partial charge in [0.1, 0.15) is 0 Å². The molecule has 68 valence electrons. The van der Waals surface area contributed by atoms with Crippen molar-refractivity contribution in [2.24, 2.45) is 0 Å². The Balaban J connectivity index is 2.77. The van der Waals surface area contributed by atoms with Gasteiger partial charge in [0.25, 0.3) is 0 Å². The van der Waals surface area contributed by atoms with E-state index in [4.69, 9.17) is 5.11 Å². The smallest absolute Gasteiger partial charge is 0.0650 e. The van der Waals surface area contributed by atoms with Crippen LogP contribution in [0.3, 0.4) is 0 Å². The molecule has 2 N–H and O–H groups in total. The molecular weight excluding hydrogens is 152 g/mol. The molecule has 0 aliphatic carbocycles. The first-order valence-corrected chi connectivity index (χ1v) is 4.31. The topological polar surface area (TPSA) is 48.9 Å². The highest BCUT2D eigenvalue weighted by Gasteiger charge is 2.09. The number of H-pyrrole nitrogens is 1. The lowest BCUT2D eigenvalue weighted by molar-refractivity contribution is 0.271. The summed E-state index contributed by atoms with van der Waals surface area (Å²) in [6.07, 6.45) is 0. The molecular formula is C9H16N2O. The Morgan fingerprint density at radius 3 is 2.58 bits per heavy atom. The van der Waals surface area contributed by atoms with Crippen molar-refractivity contribution in [1.29, 1.82) is 0 Å². The van der Waals surface area contributed by atoms with Crippen LogP contribution in [-0.4, -0.2) is 21.9 Å². The molecule has 0 aliphatic heterocycles. The Kier molecular flexibility index (Phi) is 2.87. The molecule has 1 aromatic heterocycles. The van der Waals surface area contributed by atoms with Crippen LogP contribution in [0, 0.1) is 0 Å². The van der Waals surface area contributed by atoms with E-state index in [0.29, 0.717) is 5.92 Å². The number of hydrogen-bond donors (Lipinski definition) is 2. The molecule has 0 spiro atoms. The maximum Gasteiger partial charge on any atom is 0.0650 e. The third-order valence-electron chi connectivity index (χ3n) is 2.01. The minimum Gasteiger partial charge on any atom is -0.396 e. The summed E-state index contributed by atoms with van der Waals surface area (Å²) in [5.41, 5.74) is 2.08. The summed E-state index contributed by atoms with van der Waals surface area (Å²) >= 11 is 0. The summed E-state index contributed by atoms with van der Waals surface area (Å²) in [5, 5.41) is 16.0. The molecule has 1 unspecified atom stereocenters. The zero-order chi connectivity index (χ0) is 9.14. The lowest BCUT2D eigenvalue weighted by Gasteiger charge is -2.02. The molecule has 0 radical (unpaired) electrons. The molecule has 0 saturated carbocycles.